The summed E-state index contributed by atoms with van der Waals surface area (Å²) in [6, 6.07) is 24.8. The van der Waals surface area contributed by atoms with E-state index in [-0.39, 0.29) is 17.4 Å². The number of Topliss-reactive ketones (excluding diaryl/α,β-unsaturated/α-hetero) is 1. The summed E-state index contributed by atoms with van der Waals surface area (Å²) in [6.07, 6.45) is 0.677. The number of hydrogen-bond acceptors (Lipinski definition) is 9. The summed E-state index contributed by atoms with van der Waals surface area (Å²) in [4.78, 5) is 33.9. The van der Waals surface area contributed by atoms with Crippen LogP contribution in [0, 0.1) is 0 Å². The fraction of sp³-hybridized carbons (Fsp3) is 0.216. The second-order valence-corrected chi connectivity index (χ2v) is 12.4. The lowest BCUT2D eigenvalue weighted by molar-refractivity contribution is -0.132. The smallest absolute Gasteiger partial charge is 0.301 e. The molecule has 0 unspecified atom stereocenters. The van der Waals surface area contributed by atoms with E-state index in [1.54, 1.807) is 49.6 Å². The summed E-state index contributed by atoms with van der Waals surface area (Å²) in [5.74, 6) is 0.473. The van der Waals surface area contributed by atoms with Crippen LogP contribution in [0.3, 0.4) is 0 Å². The SMILES string of the molecule is CCOc1cc([C@@H]2/C(=C(\O)c3ccc4c(c3)C[C@H](C)O4)C(=O)C(=O)N2c2nc3ccc(OC)cc3s2)ccc1OCc1ccccc1. The number of aromatic nitrogens is 1. The minimum atomic E-state index is -0.997. The summed E-state index contributed by atoms with van der Waals surface area (Å²) < 4.78 is 24.2. The highest BCUT2D eigenvalue weighted by atomic mass is 32.1. The Kier molecular flexibility index (Phi) is 8.03. The minimum Gasteiger partial charge on any atom is -0.507 e. The largest absolute Gasteiger partial charge is 0.507 e. The van der Waals surface area contributed by atoms with Crippen LogP contribution in [0.25, 0.3) is 16.0 Å². The number of hydrogen-bond donors (Lipinski definition) is 1. The van der Waals surface area contributed by atoms with Gasteiger partial charge in [-0.25, -0.2) is 4.98 Å². The van der Waals surface area contributed by atoms with E-state index in [9.17, 15) is 14.7 Å². The van der Waals surface area contributed by atoms with Gasteiger partial charge in [-0.2, -0.15) is 0 Å². The van der Waals surface area contributed by atoms with Gasteiger partial charge >= 0.3 is 5.91 Å². The number of amides is 1. The van der Waals surface area contributed by atoms with Gasteiger partial charge in [-0.05, 0) is 79.1 Å². The number of benzene rings is 4. The first-order chi connectivity index (χ1) is 22.8. The molecule has 4 aromatic carbocycles. The monoisotopic (exact) mass is 648 g/mol. The number of rotatable bonds is 9. The van der Waals surface area contributed by atoms with Crippen LogP contribution in [0.5, 0.6) is 23.0 Å². The van der Waals surface area contributed by atoms with E-state index < -0.39 is 17.7 Å². The highest BCUT2D eigenvalue weighted by Crippen LogP contribution is 2.46. The number of aliphatic hydroxyl groups excluding tert-OH is 1. The maximum Gasteiger partial charge on any atom is 0.301 e. The first-order valence-corrected chi connectivity index (χ1v) is 16.1. The number of ketones is 1. The van der Waals surface area contributed by atoms with Gasteiger partial charge in [0.25, 0.3) is 5.78 Å². The van der Waals surface area contributed by atoms with Gasteiger partial charge in [0.1, 0.15) is 30.0 Å². The van der Waals surface area contributed by atoms with Gasteiger partial charge in [0, 0.05) is 12.0 Å². The first kappa shape index (κ1) is 30.3. The molecular formula is C37H32N2O7S. The molecule has 0 saturated carbocycles. The Labute approximate surface area is 275 Å². The summed E-state index contributed by atoms with van der Waals surface area (Å²) in [7, 11) is 1.58. The number of fused-ring (bicyclic) bond motifs is 2. The molecule has 1 N–H and O–H groups in total. The van der Waals surface area contributed by atoms with E-state index in [4.69, 9.17) is 23.9 Å². The molecule has 238 valence electrons. The van der Waals surface area contributed by atoms with Crippen LogP contribution in [-0.4, -0.2) is 41.6 Å². The Bertz CT molecular complexity index is 2040. The molecule has 1 saturated heterocycles. The number of ether oxygens (including phenoxy) is 4. The fourth-order valence-corrected chi connectivity index (χ4v) is 7.03. The van der Waals surface area contributed by atoms with Crippen LogP contribution < -0.4 is 23.8 Å². The Hall–Kier alpha value is -5.35. The van der Waals surface area contributed by atoms with Crippen LogP contribution in [0.4, 0.5) is 5.13 Å². The third-order valence-electron chi connectivity index (χ3n) is 8.22. The van der Waals surface area contributed by atoms with Crippen molar-refractivity contribution in [3.05, 3.63) is 113 Å². The zero-order chi connectivity index (χ0) is 32.7. The Balaban J connectivity index is 1.36. The van der Waals surface area contributed by atoms with Crippen LogP contribution in [0.2, 0.25) is 0 Å². The number of anilines is 1. The zero-order valence-electron chi connectivity index (χ0n) is 26.1. The molecule has 1 amide bonds. The number of carbonyl (C=O) groups is 2. The van der Waals surface area contributed by atoms with Crippen molar-refractivity contribution in [2.45, 2.75) is 39.0 Å². The number of methoxy groups -OCH3 is 1. The summed E-state index contributed by atoms with van der Waals surface area (Å²) in [5, 5.41) is 12.1. The summed E-state index contributed by atoms with van der Waals surface area (Å²) >= 11 is 1.26. The van der Waals surface area contributed by atoms with Gasteiger partial charge in [-0.1, -0.05) is 47.7 Å². The van der Waals surface area contributed by atoms with E-state index in [1.165, 1.54) is 16.2 Å². The molecule has 2 aliphatic rings. The van der Waals surface area contributed by atoms with Crippen molar-refractivity contribution in [1.82, 2.24) is 4.98 Å². The summed E-state index contributed by atoms with van der Waals surface area (Å²) in [5.41, 5.74) is 3.50. The quantitative estimate of drug-likeness (QED) is 0.101. The van der Waals surface area contributed by atoms with Crippen LogP contribution in [-0.2, 0) is 22.6 Å². The summed E-state index contributed by atoms with van der Waals surface area (Å²) in [6.45, 7) is 4.53. The predicted octanol–water partition coefficient (Wildman–Crippen LogP) is 7.23. The molecule has 47 heavy (non-hydrogen) atoms. The van der Waals surface area contributed by atoms with Gasteiger partial charge in [0.15, 0.2) is 16.6 Å². The second-order valence-electron chi connectivity index (χ2n) is 11.4. The standard InChI is InChI=1S/C37H32N2O7S/c1-4-44-30-18-23(10-15-29(30)45-20-22-8-6-5-7-9-22)33-32(34(40)24-11-14-28-25(17-24)16-21(2)46-28)35(41)36(42)39(33)37-38-27-13-12-26(43-3)19-31(27)47-37/h5-15,17-19,21,33,40H,4,16,20H2,1-3H3/b34-32+/t21-,33+/m0/s1. The fourth-order valence-electron chi connectivity index (χ4n) is 6.01. The molecule has 0 spiro atoms. The van der Waals surface area contributed by atoms with Gasteiger partial charge < -0.3 is 24.1 Å². The Morgan fingerprint density at radius 3 is 2.62 bits per heavy atom. The number of nitrogens with zero attached hydrogens (tertiary/aromatic N) is 2. The third kappa shape index (κ3) is 5.65. The molecule has 0 radical (unpaired) electrons. The zero-order valence-corrected chi connectivity index (χ0v) is 26.9. The minimum absolute atomic E-state index is 0.00486. The van der Waals surface area contributed by atoms with E-state index in [2.05, 4.69) is 0 Å². The molecule has 5 aromatic rings. The normalized spacial score (nSPS) is 18.3. The molecule has 9 nitrogen and oxygen atoms in total. The van der Waals surface area contributed by atoms with Crippen molar-refractivity contribution in [3.8, 4) is 23.0 Å². The molecular weight excluding hydrogens is 616 g/mol. The average Bonchev–Trinajstić information content (AvgIpc) is 3.75. The van der Waals surface area contributed by atoms with Gasteiger partial charge in [0.2, 0.25) is 0 Å². The lowest BCUT2D eigenvalue weighted by Crippen LogP contribution is -2.29. The third-order valence-corrected chi connectivity index (χ3v) is 9.24. The molecule has 10 heteroatoms. The maximum absolute atomic E-state index is 13.9. The number of thiazole rings is 1. The van der Waals surface area contributed by atoms with Gasteiger partial charge in [-0.15, -0.1) is 0 Å². The second kappa shape index (κ2) is 12.4. The highest BCUT2D eigenvalue weighted by molar-refractivity contribution is 7.22. The van der Waals surface area contributed by atoms with E-state index in [0.717, 1.165) is 21.6 Å². The highest BCUT2D eigenvalue weighted by Gasteiger charge is 2.48. The first-order valence-electron chi connectivity index (χ1n) is 15.3. The van der Waals surface area contributed by atoms with Crippen LogP contribution >= 0.6 is 11.3 Å². The molecule has 3 heterocycles. The lowest BCUT2D eigenvalue weighted by atomic mass is 9.94. The van der Waals surface area contributed by atoms with Crippen molar-refractivity contribution >= 4 is 44.1 Å². The van der Waals surface area contributed by atoms with Crippen LogP contribution in [0.15, 0.2) is 90.5 Å². The van der Waals surface area contributed by atoms with Gasteiger partial charge in [0.05, 0.1) is 35.5 Å². The molecule has 7 rings (SSSR count). The number of aliphatic hydroxyl groups is 1. The van der Waals surface area contributed by atoms with E-state index in [1.807, 2.05) is 56.3 Å². The van der Waals surface area contributed by atoms with E-state index in [0.29, 0.717) is 58.7 Å². The Morgan fingerprint density at radius 2 is 1.83 bits per heavy atom. The van der Waals surface area contributed by atoms with Crippen LogP contribution in [0.1, 0.15) is 42.1 Å². The molecule has 0 aliphatic carbocycles. The lowest BCUT2D eigenvalue weighted by Gasteiger charge is -2.24. The molecule has 0 bridgehead atoms. The average molecular weight is 649 g/mol. The van der Waals surface area contributed by atoms with E-state index >= 15 is 0 Å². The van der Waals surface area contributed by atoms with Crippen molar-refractivity contribution < 1.29 is 33.6 Å². The Morgan fingerprint density at radius 1 is 1.00 bits per heavy atom. The molecule has 2 atom stereocenters. The van der Waals surface area contributed by atoms with Crippen molar-refractivity contribution in [1.29, 1.82) is 0 Å². The molecule has 2 aliphatic heterocycles. The molecule has 1 fully saturated rings. The van der Waals surface area contributed by atoms with Crippen molar-refractivity contribution in [3.63, 3.8) is 0 Å². The van der Waals surface area contributed by atoms with Crippen molar-refractivity contribution in [2.24, 2.45) is 0 Å². The number of carbonyl (C=O) groups excluding carboxylic acids is 2. The van der Waals surface area contributed by atoms with Crippen molar-refractivity contribution in [2.75, 3.05) is 18.6 Å². The predicted molar refractivity (Wildman–Crippen MR) is 180 cm³/mol. The van der Waals surface area contributed by atoms with Gasteiger partial charge in [-0.3, -0.25) is 14.5 Å². The molecule has 1 aromatic heterocycles. The topological polar surface area (TPSA) is 107 Å². The maximum atomic E-state index is 13.9.